The van der Waals surface area contributed by atoms with Gasteiger partial charge >= 0.3 is 0 Å². The lowest BCUT2D eigenvalue weighted by Crippen LogP contribution is -2.56. The highest BCUT2D eigenvalue weighted by atomic mass is 16.5. The third kappa shape index (κ3) is 4.71. The second-order valence-corrected chi connectivity index (χ2v) is 11.4. The number of aliphatic hydroxyl groups is 1. The fourth-order valence-electron chi connectivity index (χ4n) is 7.30. The van der Waals surface area contributed by atoms with Gasteiger partial charge in [-0.2, -0.15) is 0 Å². The molecule has 2 bridgehead atoms. The van der Waals surface area contributed by atoms with E-state index in [-0.39, 0.29) is 24.3 Å². The van der Waals surface area contributed by atoms with Crippen LogP contribution in [0.5, 0.6) is 0 Å². The number of nitrogens with one attached hydrogen (secondary N) is 2. The summed E-state index contributed by atoms with van der Waals surface area (Å²) in [6, 6.07) is 17.3. The molecule has 3 amide bonds. The molecule has 214 valence electrons. The first-order valence-corrected chi connectivity index (χ1v) is 14.7. The van der Waals surface area contributed by atoms with Crippen molar-refractivity contribution < 1.29 is 24.2 Å². The van der Waals surface area contributed by atoms with Crippen LogP contribution < -0.4 is 10.6 Å². The van der Waals surface area contributed by atoms with Gasteiger partial charge in [0.1, 0.15) is 11.6 Å². The molecule has 0 radical (unpaired) electrons. The zero-order valence-corrected chi connectivity index (χ0v) is 23.5. The second-order valence-electron chi connectivity index (χ2n) is 11.4. The molecule has 2 aromatic carbocycles. The molecule has 5 rings (SSSR count). The van der Waals surface area contributed by atoms with E-state index in [1.807, 2.05) is 67.6 Å². The zero-order chi connectivity index (χ0) is 28.3. The summed E-state index contributed by atoms with van der Waals surface area (Å²) >= 11 is 0. The van der Waals surface area contributed by atoms with Crippen molar-refractivity contribution in [1.29, 1.82) is 0 Å². The molecule has 0 saturated carbocycles. The lowest BCUT2D eigenvalue weighted by molar-refractivity contribution is -0.151. The van der Waals surface area contributed by atoms with Crippen LogP contribution in [0.25, 0.3) is 0 Å². The number of likely N-dealkylation sites (tertiary alicyclic amines) is 1. The van der Waals surface area contributed by atoms with E-state index in [2.05, 4.69) is 17.6 Å². The Labute approximate surface area is 236 Å². The normalized spacial score (nSPS) is 29.3. The monoisotopic (exact) mass is 547 g/mol. The van der Waals surface area contributed by atoms with E-state index < -0.39 is 35.1 Å². The molecule has 6 atom stereocenters. The molecule has 2 aromatic rings. The van der Waals surface area contributed by atoms with Crippen LogP contribution >= 0.6 is 0 Å². The highest BCUT2D eigenvalue weighted by Gasteiger charge is 2.79. The predicted octanol–water partition coefficient (Wildman–Crippen LogP) is 3.50. The number of hydrogen-bond acceptors (Lipinski definition) is 5. The number of benzene rings is 2. The quantitative estimate of drug-likeness (QED) is 0.353. The molecule has 40 heavy (non-hydrogen) atoms. The summed E-state index contributed by atoms with van der Waals surface area (Å²) < 4.78 is 6.83. The van der Waals surface area contributed by atoms with E-state index in [0.717, 1.165) is 30.4 Å². The third-order valence-electron chi connectivity index (χ3n) is 9.23. The van der Waals surface area contributed by atoms with Crippen molar-refractivity contribution >= 4 is 17.7 Å². The molecular formula is C32H41N3O5. The Morgan fingerprint density at radius 3 is 2.35 bits per heavy atom. The summed E-state index contributed by atoms with van der Waals surface area (Å²) in [5.41, 5.74) is -0.231. The number of fused-ring (bicyclic) bond motifs is 1. The van der Waals surface area contributed by atoms with Crippen LogP contribution in [0.4, 0.5) is 0 Å². The maximum absolute atomic E-state index is 14.5. The van der Waals surface area contributed by atoms with E-state index in [9.17, 15) is 19.5 Å². The Balaban J connectivity index is 1.51. The van der Waals surface area contributed by atoms with E-state index >= 15 is 0 Å². The van der Waals surface area contributed by atoms with Gasteiger partial charge in [0.05, 0.1) is 30.1 Å². The highest BCUT2D eigenvalue weighted by Crippen LogP contribution is 2.65. The van der Waals surface area contributed by atoms with Gasteiger partial charge in [0.2, 0.25) is 17.7 Å². The SMILES string of the molecule is CCCCCNC(=O)C1N([C@H](CO)c2ccccc2)C(=O)[C@@H]2[C@@H](C(=O)NCc3ccccc3)[C@@]3(CC)CCC12O3. The van der Waals surface area contributed by atoms with Gasteiger partial charge in [-0.15, -0.1) is 0 Å². The van der Waals surface area contributed by atoms with Gasteiger partial charge in [-0.25, -0.2) is 0 Å². The van der Waals surface area contributed by atoms with Crippen LogP contribution in [-0.4, -0.2) is 58.1 Å². The van der Waals surface area contributed by atoms with E-state index in [1.54, 1.807) is 0 Å². The summed E-state index contributed by atoms with van der Waals surface area (Å²) in [5, 5.41) is 16.7. The zero-order valence-electron chi connectivity index (χ0n) is 23.5. The second kappa shape index (κ2) is 11.7. The number of carbonyl (C=O) groups excluding carboxylic acids is 3. The summed E-state index contributed by atoms with van der Waals surface area (Å²) in [5.74, 6) is -2.33. The standard InChI is InChI=1S/C32H41N3O5/c1-3-5-12-19-33-29(38)27-32-18-17-31(4-2,40-32)25(28(37)34-20-22-13-8-6-9-14-22)26(32)30(39)35(27)24(21-36)23-15-10-7-11-16-23/h6-11,13-16,24-27,36H,3-5,12,17-21H2,1-2H3,(H,33,38)(H,34,37)/t24-,25+,26+,27?,31-,32?/m1/s1. The van der Waals surface area contributed by atoms with Crippen molar-refractivity contribution in [2.75, 3.05) is 13.2 Å². The first-order chi connectivity index (χ1) is 19.4. The lowest BCUT2D eigenvalue weighted by atomic mass is 9.65. The van der Waals surface area contributed by atoms with Gasteiger partial charge in [0.15, 0.2) is 0 Å². The van der Waals surface area contributed by atoms with Gasteiger partial charge in [-0.3, -0.25) is 14.4 Å². The first kappa shape index (κ1) is 28.3. The summed E-state index contributed by atoms with van der Waals surface area (Å²) in [7, 11) is 0. The van der Waals surface area contributed by atoms with Crippen molar-refractivity contribution in [2.45, 2.75) is 82.2 Å². The van der Waals surface area contributed by atoms with Crippen LogP contribution in [0.15, 0.2) is 60.7 Å². The average Bonchev–Trinajstić information content (AvgIpc) is 3.59. The Morgan fingerprint density at radius 2 is 1.70 bits per heavy atom. The molecule has 3 aliphatic heterocycles. The van der Waals surface area contributed by atoms with Crippen molar-refractivity contribution in [2.24, 2.45) is 11.8 Å². The van der Waals surface area contributed by atoms with Crippen LogP contribution in [0.2, 0.25) is 0 Å². The summed E-state index contributed by atoms with van der Waals surface area (Å²) in [4.78, 5) is 43.8. The first-order valence-electron chi connectivity index (χ1n) is 14.7. The van der Waals surface area contributed by atoms with Crippen LogP contribution in [0.1, 0.15) is 69.5 Å². The molecule has 3 saturated heterocycles. The fraction of sp³-hybridized carbons (Fsp3) is 0.531. The topological polar surface area (TPSA) is 108 Å². The molecular weight excluding hydrogens is 506 g/mol. The van der Waals surface area contributed by atoms with E-state index in [0.29, 0.717) is 32.4 Å². The fourth-order valence-corrected chi connectivity index (χ4v) is 7.30. The van der Waals surface area contributed by atoms with Gasteiger partial charge < -0.3 is 25.4 Å². The Kier molecular flexibility index (Phi) is 8.29. The maximum Gasteiger partial charge on any atom is 0.245 e. The number of unbranched alkanes of at least 4 members (excludes halogenated alkanes) is 2. The lowest BCUT2D eigenvalue weighted by Gasteiger charge is -2.37. The number of nitrogens with zero attached hydrogens (tertiary/aromatic N) is 1. The summed E-state index contributed by atoms with van der Waals surface area (Å²) in [6.07, 6.45) is 4.53. The molecule has 2 unspecified atom stereocenters. The predicted molar refractivity (Wildman–Crippen MR) is 151 cm³/mol. The number of amides is 3. The van der Waals surface area contributed by atoms with Crippen LogP contribution in [0, 0.1) is 11.8 Å². The Bertz CT molecular complexity index is 1210. The van der Waals surface area contributed by atoms with Crippen LogP contribution in [-0.2, 0) is 25.7 Å². The molecule has 3 aliphatic rings. The molecule has 3 fully saturated rings. The molecule has 1 spiro atoms. The number of aliphatic hydroxyl groups excluding tert-OH is 1. The maximum atomic E-state index is 14.5. The molecule has 3 heterocycles. The number of ether oxygens (including phenoxy) is 1. The van der Waals surface area contributed by atoms with Crippen molar-refractivity contribution in [3.05, 3.63) is 71.8 Å². The molecule has 0 aromatic heterocycles. The highest BCUT2D eigenvalue weighted by molar-refractivity contribution is 5.99. The Morgan fingerprint density at radius 1 is 1.00 bits per heavy atom. The number of rotatable bonds is 12. The molecule has 0 aliphatic carbocycles. The minimum Gasteiger partial charge on any atom is -0.394 e. The van der Waals surface area contributed by atoms with E-state index in [1.165, 1.54) is 4.90 Å². The number of hydrogen-bond donors (Lipinski definition) is 3. The van der Waals surface area contributed by atoms with Gasteiger partial charge in [0, 0.05) is 13.1 Å². The van der Waals surface area contributed by atoms with Crippen molar-refractivity contribution in [3.63, 3.8) is 0 Å². The minimum absolute atomic E-state index is 0.227. The van der Waals surface area contributed by atoms with Gasteiger partial charge in [0.25, 0.3) is 0 Å². The van der Waals surface area contributed by atoms with Crippen LogP contribution in [0.3, 0.4) is 0 Å². The molecule has 3 N–H and O–H groups in total. The smallest absolute Gasteiger partial charge is 0.245 e. The van der Waals surface area contributed by atoms with Crippen molar-refractivity contribution in [1.82, 2.24) is 15.5 Å². The van der Waals surface area contributed by atoms with Gasteiger partial charge in [-0.1, -0.05) is 87.4 Å². The molecule has 8 nitrogen and oxygen atoms in total. The third-order valence-corrected chi connectivity index (χ3v) is 9.23. The number of carbonyl (C=O) groups is 3. The van der Waals surface area contributed by atoms with E-state index in [4.69, 9.17) is 4.74 Å². The van der Waals surface area contributed by atoms with Crippen molar-refractivity contribution in [3.8, 4) is 0 Å². The minimum atomic E-state index is -1.13. The van der Waals surface area contributed by atoms with Gasteiger partial charge in [-0.05, 0) is 36.8 Å². The largest absolute Gasteiger partial charge is 0.394 e. The molecule has 8 heteroatoms. The Hall–Kier alpha value is -3.23. The average molecular weight is 548 g/mol. The summed E-state index contributed by atoms with van der Waals surface area (Å²) in [6.45, 7) is 4.59.